The Morgan fingerprint density at radius 3 is 2.77 bits per heavy atom. The Hall–Kier alpha value is -2.30. The van der Waals surface area contributed by atoms with Crippen LogP contribution in [0.3, 0.4) is 0 Å². The lowest BCUT2D eigenvalue weighted by atomic mass is 10.0. The summed E-state index contributed by atoms with van der Waals surface area (Å²) < 4.78 is 1.89. The van der Waals surface area contributed by atoms with E-state index in [0.29, 0.717) is 5.92 Å². The summed E-state index contributed by atoms with van der Waals surface area (Å²) in [5.74, 6) is 1.72. The molecule has 26 heavy (non-hydrogen) atoms. The van der Waals surface area contributed by atoms with E-state index < -0.39 is 0 Å². The van der Waals surface area contributed by atoms with Crippen LogP contribution in [-0.2, 0) is 26.4 Å². The molecule has 0 amide bonds. The molecule has 1 saturated heterocycles. The number of hydrogen-bond donors (Lipinski definition) is 1. The van der Waals surface area contributed by atoms with Gasteiger partial charge in [0.25, 0.3) is 0 Å². The van der Waals surface area contributed by atoms with Crippen molar-refractivity contribution < 1.29 is 0 Å². The summed E-state index contributed by atoms with van der Waals surface area (Å²) in [5.41, 5.74) is 4.05. The van der Waals surface area contributed by atoms with Crippen LogP contribution in [0.5, 0.6) is 0 Å². The highest BCUT2D eigenvalue weighted by molar-refractivity contribution is 5.80. The summed E-state index contributed by atoms with van der Waals surface area (Å²) in [6, 6.07) is 8.62. The highest BCUT2D eigenvalue weighted by Crippen LogP contribution is 2.21. The normalized spacial score (nSPS) is 17.7. The van der Waals surface area contributed by atoms with Crippen molar-refractivity contribution in [3.05, 3.63) is 53.3 Å². The maximum atomic E-state index is 4.93. The third kappa shape index (κ3) is 4.65. The molecule has 3 rings (SSSR count). The average Bonchev–Trinajstić information content (AvgIpc) is 3.28. The molecule has 0 aliphatic carbocycles. The monoisotopic (exact) mass is 353 g/mol. The minimum absolute atomic E-state index is 0.672. The molecule has 1 unspecified atom stereocenters. The summed E-state index contributed by atoms with van der Waals surface area (Å²) in [6.07, 6.45) is 7.49. The number of benzene rings is 1. The Labute approximate surface area is 157 Å². The fourth-order valence-electron chi connectivity index (χ4n) is 3.74. The van der Waals surface area contributed by atoms with Gasteiger partial charge in [0, 0.05) is 32.9 Å². The summed E-state index contributed by atoms with van der Waals surface area (Å²) in [5, 5.41) is 7.77. The van der Waals surface area contributed by atoms with Crippen molar-refractivity contribution in [2.24, 2.45) is 18.0 Å². The predicted molar refractivity (Wildman–Crippen MR) is 107 cm³/mol. The third-order valence-electron chi connectivity index (χ3n) is 5.10. The Morgan fingerprint density at radius 1 is 1.27 bits per heavy atom. The molecule has 0 bridgehead atoms. The van der Waals surface area contributed by atoms with Crippen LogP contribution in [0.25, 0.3) is 0 Å². The fraction of sp³-hybridized carbons (Fsp3) is 0.524. The molecule has 0 saturated carbocycles. The van der Waals surface area contributed by atoms with Crippen LogP contribution in [0.2, 0.25) is 0 Å². The molecule has 1 aromatic carbocycles. The van der Waals surface area contributed by atoms with Gasteiger partial charge >= 0.3 is 0 Å². The Morgan fingerprint density at radius 2 is 2.08 bits per heavy atom. The number of nitrogens with one attached hydrogen (secondary N) is 1. The van der Waals surface area contributed by atoms with Gasteiger partial charge in [-0.3, -0.25) is 4.68 Å². The van der Waals surface area contributed by atoms with Crippen LogP contribution in [0.4, 0.5) is 0 Å². The summed E-state index contributed by atoms with van der Waals surface area (Å²) in [4.78, 5) is 7.35. The standard InChI is InChI=1S/C21H31N5/c1-4-19-8-6-7-9-20(19)14-23-21(22-5-2)26-11-10-17(16-26)12-18-13-24-25(3)15-18/h6-9,13,15,17H,4-5,10-12,14,16H2,1-3H3,(H,22,23). The van der Waals surface area contributed by atoms with E-state index in [2.05, 4.69) is 59.6 Å². The maximum absolute atomic E-state index is 4.93. The molecule has 1 aliphatic heterocycles. The van der Waals surface area contributed by atoms with Crippen LogP contribution >= 0.6 is 0 Å². The molecule has 5 heteroatoms. The van der Waals surface area contributed by atoms with Gasteiger partial charge < -0.3 is 10.2 Å². The van der Waals surface area contributed by atoms with Crippen LogP contribution in [-0.4, -0.2) is 40.3 Å². The molecule has 140 valence electrons. The molecule has 1 atom stereocenters. The molecular formula is C21H31N5. The van der Waals surface area contributed by atoms with E-state index in [4.69, 9.17) is 4.99 Å². The van der Waals surface area contributed by atoms with E-state index in [-0.39, 0.29) is 0 Å². The number of aryl methyl sites for hydroxylation is 2. The minimum atomic E-state index is 0.672. The molecule has 1 aliphatic rings. The Balaban J connectivity index is 1.64. The van der Waals surface area contributed by atoms with E-state index in [9.17, 15) is 0 Å². The van der Waals surface area contributed by atoms with Gasteiger partial charge in [-0.2, -0.15) is 5.10 Å². The van der Waals surface area contributed by atoms with Crippen LogP contribution in [0.1, 0.15) is 37.0 Å². The Bertz CT molecular complexity index is 734. The zero-order valence-electron chi connectivity index (χ0n) is 16.3. The predicted octanol–water partition coefficient (Wildman–Crippen LogP) is 3.01. The number of aromatic nitrogens is 2. The van der Waals surface area contributed by atoms with Gasteiger partial charge in [0.1, 0.15) is 0 Å². The molecule has 0 spiro atoms. The minimum Gasteiger partial charge on any atom is -0.357 e. The lowest BCUT2D eigenvalue weighted by molar-refractivity contribution is 0.460. The summed E-state index contributed by atoms with van der Waals surface area (Å²) in [6.45, 7) is 8.13. The molecular weight excluding hydrogens is 322 g/mol. The summed E-state index contributed by atoms with van der Waals surface area (Å²) >= 11 is 0. The highest BCUT2D eigenvalue weighted by Gasteiger charge is 2.25. The van der Waals surface area contributed by atoms with Crippen molar-refractivity contribution >= 4 is 5.96 Å². The number of guanidine groups is 1. The quantitative estimate of drug-likeness (QED) is 0.641. The lowest BCUT2D eigenvalue weighted by Gasteiger charge is -2.22. The van der Waals surface area contributed by atoms with Gasteiger partial charge in [-0.15, -0.1) is 0 Å². The molecule has 2 heterocycles. The van der Waals surface area contributed by atoms with E-state index in [0.717, 1.165) is 45.0 Å². The first-order valence-corrected chi connectivity index (χ1v) is 9.77. The third-order valence-corrected chi connectivity index (χ3v) is 5.10. The molecule has 2 aromatic rings. The first-order chi connectivity index (χ1) is 12.7. The van der Waals surface area contributed by atoms with E-state index in [1.54, 1.807) is 0 Å². The first-order valence-electron chi connectivity index (χ1n) is 9.77. The van der Waals surface area contributed by atoms with Crippen LogP contribution in [0.15, 0.2) is 41.7 Å². The van der Waals surface area contributed by atoms with Gasteiger partial charge in [-0.1, -0.05) is 31.2 Å². The largest absolute Gasteiger partial charge is 0.357 e. The Kier molecular flexibility index (Phi) is 6.31. The van der Waals surface area contributed by atoms with Gasteiger partial charge in [0.15, 0.2) is 5.96 Å². The van der Waals surface area contributed by atoms with Gasteiger partial charge in [-0.05, 0) is 48.8 Å². The second kappa shape index (κ2) is 8.88. The average molecular weight is 354 g/mol. The topological polar surface area (TPSA) is 45.5 Å². The van der Waals surface area contributed by atoms with Gasteiger partial charge in [-0.25, -0.2) is 4.99 Å². The number of rotatable bonds is 6. The van der Waals surface area contributed by atoms with Crippen LogP contribution in [0, 0.1) is 5.92 Å². The van der Waals surface area contributed by atoms with Crippen molar-refractivity contribution in [3.8, 4) is 0 Å². The molecule has 0 radical (unpaired) electrons. The van der Waals surface area contributed by atoms with Crippen molar-refractivity contribution in [2.75, 3.05) is 19.6 Å². The molecule has 1 aromatic heterocycles. The van der Waals surface area contributed by atoms with E-state index in [1.807, 2.05) is 17.9 Å². The van der Waals surface area contributed by atoms with Gasteiger partial charge in [0.05, 0.1) is 12.7 Å². The SMILES string of the molecule is CCNC(=NCc1ccccc1CC)N1CCC(Cc2cnn(C)c2)C1. The molecule has 5 nitrogen and oxygen atoms in total. The zero-order valence-corrected chi connectivity index (χ0v) is 16.3. The zero-order chi connectivity index (χ0) is 18.4. The van der Waals surface area contributed by atoms with Crippen molar-refractivity contribution in [3.63, 3.8) is 0 Å². The van der Waals surface area contributed by atoms with Crippen molar-refractivity contribution in [2.45, 2.75) is 39.7 Å². The van der Waals surface area contributed by atoms with E-state index in [1.165, 1.54) is 23.1 Å². The number of aliphatic imine (C=N–C) groups is 1. The molecule has 1 N–H and O–H groups in total. The number of likely N-dealkylation sites (tertiary alicyclic amines) is 1. The van der Waals surface area contributed by atoms with Crippen molar-refractivity contribution in [1.82, 2.24) is 20.0 Å². The first kappa shape index (κ1) is 18.5. The second-order valence-corrected chi connectivity index (χ2v) is 7.12. The maximum Gasteiger partial charge on any atom is 0.194 e. The van der Waals surface area contributed by atoms with Crippen LogP contribution < -0.4 is 5.32 Å². The second-order valence-electron chi connectivity index (χ2n) is 7.12. The summed E-state index contributed by atoms with van der Waals surface area (Å²) in [7, 11) is 1.98. The fourth-order valence-corrected chi connectivity index (χ4v) is 3.74. The van der Waals surface area contributed by atoms with E-state index >= 15 is 0 Å². The smallest absolute Gasteiger partial charge is 0.194 e. The highest BCUT2D eigenvalue weighted by atomic mass is 15.3. The van der Waals surface area contributed by atoms with Gasteiger partial charge in [0.2, 0.25) is 0 Å². The number of nitrogens with zero attached hydrogens (tertiary/aromatic N) is 4. The lowest BCUT2D eigenvalue weighted by Crippen LogP contribution is -2.40. The molecule has 1 fully saturated rings. The number of hydrogen-bond acceptors (Lipinski definition) is 2. The van der Waals surface area contributed by atoms with Crippen molar-refractivity contribution in [1.29, 1.82) is 0 Å².